The highest BCUT2D eigenvalue weighted by atomic mass is 35.5. The van der Waals surface area contributed by atoms with Gasteiger partial charge < -0.3 is 15.4 Å². The van der Waals surface area contributed by atoms with Gasteiger partial charge in [-0.15, -0.1) is 11.3 Å². The second kappa shape index (κ2) is 7.69. The number of halogens is 1. The zero-order valence-corrected chi connectivity index (χ0v) is 18.2. The quantitative estimate of drug-likeness (QED) is 0.468. The van der Waals surface area contributed by atoms with Gasteiger partial charge >= 0.3 is 0 Å². The fourth-order valence-electron chi connectivity index (χ4n) is 3.10. The minimum absolute atomic E-state index is 0.147. The van der Waals surface area contributed by atoms with Crippen molar-refractivity contribution >= 4 is 39.8 Å². The number of anilines is 1. The smallest absolute Gasteiger partial charge is 0.220 e. The van der Waals surface area contributed by atoms with Gasteiger partial charge in [0.15, 0.2) is 5.60 Å². The summed E-state index contributed by atoms with van der Waals surface area (Å²) < 4.78 is 2.09. The largest absolute Gasteiger partial charge is 0.371 e. The van der Waals surface area contributed by atoms with Crippen molar-refractivity contribution in [3.05, 3.63) is 52.0 Å². The van der Waals surface area contributed by atoms with Gasteiger partial charge in [0.25, 0.3) is 0 Å². The second-order valence-corrected chi connectivity index (χ2v) is 8.52. The van der Waals surface area contributed by atoms with Crippen LogP contribution < -0.4 is 5.73 Å². The Morgan fingerprint density at radius 2 is 2.07 bits per heavy atom. The van der Waals surface area contributed by atoms with E-state index in [1.54, 1.807) is 24.7 Å². The summed E-state index contributed by atoms with van der Waals surface area (Å²) in [7, 11) is 0. The van der Waals surface area contributed by atoms with Gasteiger partial charge in [-0.25, -0.2) is 19.9 Å². The lowest BCUT2D eigenvalue weighted by Gasteiger charge is -2.11. The summed E-state index contributed by atoms with van der Waals surface area (Å²) >= 11 is 7.71. The lowest BCUT2D eigenvalue weighted by Crippen LogP contribution is -2.18. The first kappa shape index (κ1) is 20.3. The number of thiazole rings is 1. The third-order valence-electron chi connectivity index (χ3n) is 4.58. The Morgan fingerprint density at radius 3 is 2.77 bits per heavy atom. The van der Waals surface area contributed by atoms with Crippen molar-refractivity contribution in [3.63, 3.8) is 0 Å². The molecular formula is C21H19ClN6OS. The normalized spacial score (nSPS) is 13.3. The number of fused-ring (bicyclic) bond motifs is 1. The maximum atomic E-state index is 10.6. The number of aliphatic hydroxyl groups is 1. The van der Waals surface area contributed by atoms with Crippen LogP contribution in [0.25, 0.3) is 22.2 Å². The highest BCUT2D eigenvalue weighted by molar-refractivity contribution is 7.09. The predicted molar refractivity (Wildman–Crippen MR) is 119 cm³/mol. The third-order valence-corrected chi connectivity index (χ3v) is 5.84. The molecule has 0 spiro atoms. The highest BCUT2D eigenvalue weighted by Crippen LogP contribution is 2.35. The third kappa shape index (κ3) is 3.75. The molecule has 4 heterocycles. The average molecular weight is 439 g/mol. The van der Waals surface area contributed by atoms with Crippen LogP contribution in [0.2, 0.25) is 5.02 Å². The van der Waals surface area contributed by atoms with Crippen molar-refractivity contribution in [3.8, 4) is 23.1 Å². The summed E-state index contributed by atoms with van der Waals surface area (Å²) in [5, 5.41) is 14.2. The van der Waals surface area contributed by atoms with Crippen LogP contribution in [0.5, 0.6) is 0 Å². The van der Waals surface area contributed by atoms with Gasteiger partial charge in [0, 0.05) is 34.8 Å². The number of nitrogens with zero attached hydrogens (tertiary/aromatic N) is 5. The summed E-state index contributed by atoms with van der Waals surface area (Å²) in [6.07, 6.45) is 6.87. The van der Waals surface area contributed by atoms with E-state index >= 15 is 0 Å². The molecule has 4 aromatic heterocycles. The molecular weight excluding hydrogens is 420 g/mol. The van der Waals surface area contributed by atoms with E-state index in [-0.39, 0.29) is 12.0 Å². The van der Waals surface area contributed by atoms with Crippen LogP contribution in [-0.4, -0.2) is 29.6 Å². The molecule has 0 saturated carbocycles. The molecule has 3 N–H and O–H groups in total. The van der Waals surface area contributed by atoms with Gasteiger partial charge in [0.1, 0.15) is 10.7 Å². The number of nitrogen functional groups attached to an aromatic ring is 1. The number of nitrogens with two attached hydrogens (primary N) is 1. The van der Waals surface area contributed by atoms with Crippen molar-refractivity contribution in [2.45, 2.75) is 32.4 Å². The molecule has 0 aromatic carbocycles. The van der Waals surface area contributed by atoms with Crippen LogP contribution >= 0.6 is 22.9 Å². The van der Waals surface area contributed by atoms with E-state index in [4.69, 9.17) is 17.3 Å². The predicted octanol–water partition coefficient (Wildman–Crippen LogP) is 4.03. The molecule has 1 unspecified atom stereocenters. The molecule has 4 aromatic rings. The Labute approximate surface area is 182 Å². The Bertz CT molecular complexity index is 1280. The van der Waals surface area contributed by atoms with Crippen LogP contribution in [-0.2, 0) is 5.60 Å². The lowest BCUT2D eigenvalue weighted by molar-refractivity contribution is 0.122. The molecule has 0 amide bonds. The zero-order valence-electron chi connectivity index (χ0n) is 16.6. The number of rotatable bonds is 3. The Kier molecular flexibility index (Phi) is 5.20. The van der Waals surface area contributed by atoms with E-state index in [0.29, 0.717) is 21.4 Å². The van der Waals surface area contributed by atoms with Crippen LogP contribution in [0.1, 0.15) is 37.5 Å². The molecule has 1 atom stereocenters. The van der Waals surface area contributed by atoms with Crippen molar-refractivity contribution in [1.82, 2.24) is 24.5 Å². The van der Waals surface area contributed by atoms with Crippen LogP contribution in [0, 0.1) is 11.8 Å². The van der Waals surface area contributed by atoms with Gasteiger partial charge in [-0.05, 0) is 32.8 Å². The van der Waals surface area contributed by atoms with E-state index in [1.165, 1.54) is 17.5 Å². The molecule has 0 aliphatic carbocycles. The standard InChI is InChI=1S/C21H19ClN6OS/c1-12(2)28-11-15(18-16(22)9-26-20(23)27-18)14-8-13(25-10-17(14)28)4-5-21(3,29)19-24-6-7-30-19/h6-12,29H,1-3H3,(H2,23,26,27). The molecule has 152 valence electrons. The summed E-state index contributed by atoms with van der Waals surface area (Å²) in [4.78, 5) is 16.9. The Hall–Kier alpha value is -2.99. The van der Waals surface area contributed by atoms with E-state index in [0.717, 1.165) is 16.5 Å². The first-order chi connectivity index (χ1) is 14.3. The first-order valence-corrected chi connectivity index (χ1v) is 10.5. The van der Waals surface area contributed by atoms with E-state index in [1.807, 2.05) is 12.3 Å². The van der Waals surface area contributed by atoms with Gasteiger partial charge in [-0.2, -0.15) is 0 Å². The molecule has 30 heavy (non-hydrogen) atoms. The van der Waals surface area contributed by atoms with Crippen LogP contribution in [0.15, 0.2) is 36.2 Å². The summed E-state index contributed by atoms with van der Waals surface area (Å²) in [6.45, 7) is 5.78. The molecule has 4 rings (SSSR count). The highest BCUT2D eigenvalue weighted by Gasteiger charge is 2.23. The monoisotopic (exact) mass is 438 g/mol. The molecule has 0 saturated heterocycles. The maximum Gasteiger partial charge on any atom is 0.220 e. The van der Waals surface area contributed by atoms with Gasteiger partial charge in [0.2, 0.25) is 5.95 Å². The van der Waals surface area contributed by atoms with Crippen molar-refractivity contribution < 1.29 is 5.11 Å². The minimum atomic E-state index is -1.36. The van der Waals surface area contributed by atoms with Crippen molar-refractivity contribution in [1.29, 1.82) is 0 Å². The molecule has 0 radical (unpaired) electrons. The van der Waals surface area contributed by atoms with Crippen LogP contribution in [0.4, 0.5) is 5.95 Å². The number of hydrogen-bond donors (Lipinski definition) is 2. The van der Waals surface area contributed by atoms with Crippen molar-refractivity contribution in [2.24, 2.45) is 0 Å². The van der Waals surface area contributed by atoms with E-state index in [9.17, 15) is 5.11 Å². The fraction of sp³-hybridized carbons (Fsp3) is 0.238. The maximum absolute atomic E-state index is 10.6. The topological polar surface area (TPSA) is 103 Å². The average Bonchev–Trinajstić information content (AvgIpc) is 3.37. The molecule has 0 bridgehead atoms. The summed E-state index contributed by atoms with van der Waals surface area (Å²) in [6, 6.07) is 2.06. The number of hydrogen-bond acceptors (Lipinski definition) is 7. The van der Waals surface area contributed by atoms with E-state index < -0.39 is 5.60 Å². The number of pyridine rings is 1. The molecule has 0 aliphatic rings. The molecule has 0 fully saturated rings. The molecule has 7 nitrogen and oxygen atoms in total. The summed E-state index contributed by atoms with van der Waals surface area (Å²) in [5.41, 5.74) is 7.23. The molecule has 0 aliphatic heterocycles. The first-order valence-electron chi connectivity index (χ1n) is 9.21. The Morgan fingerprint density at radius 1 is 1.27 bits per heavy atom. The van der Waals surface area contributed by atoms with Crippen LogP contribution in [0.3, 0.4) is 0 Å². The SMILES string of the molecule is CC(C)n1cc(-c2nc(N)ncc2Cl)c2cc(C#CC(C)(O)c3nccs3)ncc21. The Balaban J connectivity index is 1.86. The second-order valence-electron chi connectivity index (χ2n) is 7.21. The lowest BCUT2D eigenvalue weighted by atomic mass is 10.1. The minimum Gasteiger partial charge on any atom is -0.371 e. The fourth-order valence-corrected chi connectivity index (χ4v) is 3.95. The van der Waals surface area contributed by atoms with E-state index in [2.05, 4.69) is 50.2 Å². The van der Waals surface area contributed by atoms with Gasteiger partial charge in [-0.3, -0.25) is 0 Å². The van der Waals surface area contributed by atoms with Gasteiger partial charge in [0.05, 0.1) is 28.6 Å². The number of aromatic nitrogens is 5. The van der Waals surface area contributed by atoms with Crippen molar-refractivity contribution in [2.75, 3.05) is 5.73 Å². The zero-order chi connectivity index (χ0) is 21.5. The molecule has 9 heteroatoms. The summed E-state index contributed by atoms with van der Waals surface area (Å²) in [5.74, 6) is 5.98. The van der Waals surface area contributed by atoms with Gasteiger partial charge in [-0.1, -0.05) is 17.5 Å².